The van der Waals surface area contributed by atoms with Crippen LogP contribution in [0, 0.1) is 0 Å². The fourth-order valence-electron chi connectivity index (χ4n) is 2.79. The molecule has 3 rings (SSSR count). The van der Waals surface area contributed by atoms with Crippen molar-refractivity contribution in [2.75, 3.05) is 7.11 Å². The summed E-state index contributed by atoms with van der Waals surface area (Å²) in [6, 6.07) is 19.6. The van der Waals surface area contributed by atoms with Gasteiger partial charge in [0.25, 0.3) is 0 Å². The van der Waals surface area contributed by atoms with Gasteiger partial charge in [-0.1, -0.05) is 60.7 Å². The van der Waals surface area contributed by atoms with E-state index in [-0.39, 0.29) is 11.9 Å². The summed E-state index contributed by atoms with van der Waals surface area (Å²) in [7, 11) is 1.42. The van der Waals surface area contributed by atoms with Crippen LogP contribution in [0.3, 0.4) is 0 Å². The molecule has 1 aliphatic rings. The van der Waals surface area contributed by atoms with Gasteiger partial charge in [-0.25, -0.2) is 4.79 Å². The smallest absolute Gasteiger partial charge is 0.331 e. The van der Waals surface area contributed by atoms with Gasteiger partial charge in [0.2, 0.25) is 0 Å². The molecule has 0 aliphatic carbocycles. The maximum absolute atomic E-state index is 12.0. The van der Waals surface area contributed by atoms with Gasteiger partial charge in [-0.3, -0.25) is 4.99 Å². The van der Waals surface area contributed by atoms with E-state index in [1.165, 1.54) is 7.11 Å². The summed E-state index contributed by atoms with van der Waals surface area (Å²) in [6.07, 6.45) is 0.758. The van der Waals surface area contributed by atoms with Crippen molar-refractivity contribution >= 4 is 11.7 Å². The molecular weight excluding hydrogens is 262 g/mol. The van der Waals surface area contributed by atoms with Crippen LogP contribution in [-0.2, 0) is 9.53 Å². The first-order valence-electron chi connectivity index (χ1n) is 7.04. The number of benzene rings is 2. The first kappa shape index (κ1) is 13.6. The number of methoxy groups -OCH3 is 1. The second kappa shape index (κ2) is 5.92. The van der Waals surface area contributed by atoms with Gasteiger partial charge in [0.15, 0.2) is 6.04 Å². The number of nitrogens with zero attached hydrogens (tertiary/aromatic N) is 1. The summed E-state index contributed by atoms with van der Waals surface area (Å²) in [5, 5.41) is 0. The molecule has 0 aromatic heterocycles. The monoisotopic (exact) mass is 279 g/mol. The van der Waals surface area contributed by atoms with Crippen LogP contribution in [0.5, 0.6) is 0 Å². The number of esters is 1. The van der Waals surface area contributed by atoms with Gasteiger partial charge in [-0.2, -0.15) is 0 Å². The average molecular weight is 279 g/mol. The first-order chi connectivity index (χ1) is 10.3. The Morgan fingerprint density at radius 2 is 1.67 bits per heavy atom. The van der Waals surface area contributed by atoms with E-state index in [2.05, 4.69) is 4.99 Å². The molecule has 2 atom stereocenters. The highest BCUT2D eigenvalue weighted by Crippen LogP contribution is 2.34. The van der Waals surface area contributed by atoms with Crippen LogP contribution < -0.4 is 0 Å². The van der Waals surface area contributed by atoms with Crippen LogP contribution in [0.4, 0.5) is 0 Å². The van der Waals surface area contributed by atoms with E-state index < -0.39 is 6.04 Å². The van der Waals surface area contributed by atoms with Gasteiger partial charge < -0.3 is 4.74 Å². The Hall–Kier alpha value is -2.42. The van der Waals surface area contributed by atoms with E-state index in [1.807, 2.05) is 60.7 Å². The number of hydrogen-bond donors (Lipinski definition) is 0. The van der Waals surface area contributed by atoms with Crippen molar-refractivity contribution in [2.45, 2.75) is 18.4 Å². The Morgan fingerprint density at radius 3 is 2.29 bits per heavy atom. The van der Waals surface area contributed by atoms with Gasteiger partial charge >= 0.3 is 5.97 Å². The first-order valence-corrected chi connectivity index (χ1v) is 7.04. The van der Waals surface area contributed by atoms with Gasteiger partial charge in [0.1, 0.15) is 0 Å². The zero-order valence-electron chi connectivity index (χ0n) is 11.9. The van der Waals surface area contributed by atoms with Crippen LogP contribution in [0.15, 0.2) is 65.7 Å². The molecule has 2 aromatic rings. The lowest BCUT2D eigenvalue weighted by molar-refractivity contribution is -0.142. The average Bonchev–Trinajstić information content (AvgIpc) is 3.01. The zero-order valence-corrected chi connectivity index (χ0v) is 11.9. The van der Waals surface area contributed by atoms with Crippen molar-refractivity contribution < 1.29 is 9.53 Å². The van der Waals surface area contributed by atoms with Gasteiger partial charge in [-0.15, -0.1) is 0 Å². The van der Waals surface area contributed by atoms with Crippen LogP contribution in [0.25, 0.3) is 0 Å². The third-order valence-electron chi connectivity index (χ3n) is 3.87. The Kier molecular flexibility index (Phi) is 3.82. The molecule has 0 bridgehead atoms. The topological polar surface area (TPSA) is 38.7 Å². The molecule has 0 amide bonds. The Bertz CT molecular complexity index is 649. The van der Waals surface area contributed by atoms with Crippen LogP contribution in [0.2, 0.25) is 0 Å². The summed E-state index contributed by atoms with van der Waals surface area (Å²) in [5.41, 5.74) is 3.17. The summed E-state index contributed by atoms with van der Waals surface area (Å²) < 4.78 is 4.92. The van der Waals surface area contributed by atoms with E-state index in [0.717, 1.165) is 23.3 Å². The molecular formula is C18H17NO2. The number of rotatable bonds is 3. The molecule has 0 N–H and O–H groups in total. The molecule has 1 aliphatic heterocycles. The normalized spacial score (nSPS) is 20.9. The highest BCUT2D eigenvalue weighted by atomic mass is 16.5. The van der Waals surface area contributed by atoms with Crippen molar-refractivity contribution in [3.8, 4) is 0 Å². The lowest BCUT2D eigenvalue weighted by Crippen LogP contribution is -2.24. The minimum Gasteiger partial charge on any atom is -0.467 e. The molecule has 2 aromatic carbocycles. The molecule has 0 radical (unpaired) electrons. The van der Waals surface area contributed by atoms with Crippen molar-refractivity contribution in [1.29, 1.82) is 0 Å². The van der Waals surface area contributed by atoms with E-state index >= 15 is 0 Å². The second-order valence-corrected chi connectivity index (χ2v) is 5.13. The van der Waals surface area contributed by atoms with Crippen LogP contribution >= 0.6 is 0 Å². The van der Waals surface area contributed by atoms with Gasteiger partial charge in [0.05, 0.1) is 7.11 Å². The second-order valence-electron chi connectivity index (χ2n) is 5.13. The summed E-state index contributed by atoms with van der Waals surface area (Å²) in [4.78, 5) is 16.7. The maximum atomic E-state index is 12.0. The largest absolute Gasteiger partial charge is 0.467 e. The number of aliphatic imine (C=N–C) groups is 1. The van der Waals surface area contributed by atoms with E-state index in [0.29, 0.717) is 0 Å². The Balaban J connectivity index is 1.95. The lowest BCUT2D eigenvalue weighted by Gasteiger charge is -2.16. The maximum Gasteiger partial charge on any atom is 0.331 e. The van der Waals surface area contributed by atoms with Gasteiger partial charge in [-0.05, 0) is 17.5 Å². The van der Waals surface area contributed by atoms with Crippen molar-refractivity contribution in [2.24, 2.45) is 4.99 Å². The van der Waals surface area contributed by atoms with Gasteiger partial charge in [0, 0.05) is 11.6 Å². The highest BCUT2D eigenvalue weighted by Gasteiger charge is 2.36. The molecule has 0 spiro atoms. The SMILES string of the molecule is COC(=O)[C@@H]1N=C(c2ccccc2)C[C@@H]1c1ccccc1. The highest BCUT2D eigenvalue weighted by molar-refractivity contribution is 6.04. The third kappa shape index (κ3) is 2.72. The summed E-state index contributed by atoms with van der Waals surface area (Å²) >= 11 is 0. The predicted octanol–water partition coefficient (Wildman–Crippen LogP) is 3.20. The van der Waals surface area contributed by atoms with Crippen molar-refractivity contribution in [3.05, 3.63) is 71.8 Å². The van der Waals surface area contributed by atoms with Crippen molar-refractivity contribution in [3.63, 3.8) is 0 Å². The Labute approximate surface area is 124 Å². The van der Waals surface area contributed by atoms with E-state index in [4.69, 9.17) is 4.74 Å². The minimum absolute atomic E-state index is 0.0499. The molecule has 3 nitrogen and oxygen atoms in total. The molecule has 0 saturated heterocycles. The van der Waals surface area contributed by atoms with E-state index in [1.54, 1.807) is 0 Å². The van der Waals surface area contributed by atoms with Crippen LogP contribution in [-0.4, -0.2) is 24.8 Å². The van der Waals surface area contributed by atoms with E-state index in [9.17, 15) is 4.79 Å². The fraction of sp³-hybridized carbons (Fsp3) is 0.222. The number of ether oxygens (including phenoxy) is 1. The molecule has 0 saturated carbocycles. The molecule has 21 heavy (non-hydrogen) atoms. The summed E-state index contributed by atoms with van der Waals surface area (Å²) in [6.45, 7) is 0. The summed E-state index contributed by atoms with van der Waals surface area (Å²) in [5.74, 6) is -0.219. The number of hydrogen-bond acceptors (Lipinski definition) is 3. The molecule has 1 heterocycles. The lowest BCUT2D eigenvalue weighted by atomic mass is 9.89. The molecule has 0 unspecified atom stereocenters. The standard InChI is InChI=1S/C18H17NO2/c1-21-18(20)17-15(13-8-4-2-5-9-13)12-16(19-17)14-10-6-3-7-11-14/h2-11,15,17H,12H2,1H3/t15-,17-/m1/s1. The minimum atomic E-state index is -0.451. The molecule has 3 heteroatoms. The predicted molar refractivity (Wildman–Crippen MR) is 82.6 cm³/mol. The fourth-order valence-corrected chi connectivity index (χ4v) is 2.79. The molecule has 0 fully saturated rings. The third-order valence-corrected chi connectivity index (χ3v) is 3.87. The van der Waals surface area contributed by atoms with Crippen LogP contribution in [0.1, 0.15) is 23.5 Å². The Morgan fingerprint density at radius 1 is 1.05 bits per heavy atom. The zero-order chi connectivity index (χ0) is 14.7. The van der Waals surface area contributed by atoms with Crippen molar-refractivity contribution in [1.82, 2.24) is 0 Å². The number of carbonyl (C=O) groups is 1. The quantitative estimate of drug-likeness (QED) is 0.809. The number of carbonyl (C=O) groups excluding carboxylic acids is 1. The molecule has 106 valence electrons.